The van der Waals surface area contributed by atoms with Crippen molar-refractivity contribution in [3.05, 3.63) is 41.4 Å². The van der Waals surface area contributed by atoms with Gasteiger partial charge >= 0.3 is 0 Å². The van der Waals surface area contributed by atoms with Crippen molar-refractivity contribution >= 4 is 34.9 Å². The number of carbonyl (C=O) groups excluding carboxylic acids is 2. The van der Waals surface area contributed by atoms with Gasteiger partial charge in [0.15, 0.2) is 11.0 Å². The van der Waals surface area contributed by atoms with Crippen LogP contribution in [0.2, 0.25) is 5.22 Å². The van der Waals surface area contributed by atoms with Crippen LogP contribution in [0.3, 0.4) is 0 Å². The summed E-state index contributed by atoms with van der Waals surface area (Å²) >= 11 is 5.65. The minimum Gasteiger partial charge on any atom is -0.440 e. The first kappa shape index (κ1) is 16.3. The Labute approximate surface area is 143 Å². The summed E-state index contributed by atoms with van der Waals surface area (Å²) in [7, 11) is 0. The van der Waals surface area contributed by atoms with Crippen molar-refractivity contribution in [2.24, 2.45) is 11.7 Å². The van der Waals surface area contributed by atoms with Gasteiger partial charge in [-0.25, -0.2) is 4.98 Å². The van der Waals surface area contributed by atoms with Gasteiger partial charge in [-0.15, -0.1) is 0 Å². The number of pyridine rings is 1. The van der Waals surface area contributed by atoms with Crippen molar-refractivity contribution in [3.8, 4) is 0 Å². The Kier molecular flexibility index (Phi) is 4.71. The predicted octanol–water partition coefficient (Wildman–Crippen LogP) is 2.28. The highest BCUT2D eigenvalue weighted by Gasteiger charge is 2.24. The monoisotopic (exact) mass is 348 g/mol. The third kappa shape index (κ3) is 3.68. The van der Waals surface area contributed by atoms with E-state index in [1.54, 1.807) is 18.3 Å². The second kappa shape index (κ2) is 6.92. The van der Waals surface area contributed by atoms with Gasteiger partial charge in [-0.2, -0.15) is 0 Å². The topological polar surface area (TPSA) is 101 Å². The highest BCUT2D eigenvalue weighted by atomic mass is 35.5. The molecule has 3 heterocycles. The van der Waals surface area contributed by atoms with Crippen molar-refractivity contribution in [3.63, 3.8) is 0 Å². The number of primary amides is 1. The number of nitrogens with zero attached hydrogens (tertiary/aromatic N) is 2. The van der Waals surface area contributed by atoms with Crippen LogP contribution in [-0.2, 0) is 4.79 Å². The molecule has 0 aliphatic carbocycles. The molecular formula is C16H17ClN4O3. The van der Waals surface area contributed by atoms with Crippen molar-refractivity contribution in [1.82, 2.24) is 4.98 Å². The maximum Gasteiger partial charge on any atom is 0.291 e. The molecule has 8 heteroatoms. The van der Waals surface area contributed by atoms with Gasteiger partial charge in [0.1, 0.15) is 5.82 Å². The van der Waals surface area contributed by atoms with Gasteiger partial charge in [-0.05, 0) is 48.7 Å². The van der Waals surface area contributed by atoms with E-state index < -0.39 is 5.91 Å². The van der Waals surface area contributed by atoms with E-state index in [1.165, 1.54) is 12.1 Å². The summed E-state index contributed by atoms with van der Waals surface area (Å²) in [4.78, 5) is 29.7. The van der Waals surface area contributed by atoms with E-state index in [0.29, 0.717) is 12.2 Å². The van der Waals surface area contributed by atoms with Crippen LogP contribution in [-0.4, -0.2) is 29.9 Å². The number of aromatic nitrogens is 1. The molecule has 2 amide bonds. The SMILES string of the molecule is NC(=O)[C@@H]1CCCN(c2ccc(NC(=O)c3ccc(Cl)o3)cn2)C1. The molecular weight excluding hydrogens is 332 g/mol. The summed E-state index contributed by atoms with van der Waals surface area (Å²) in [6.45, 7) is 1.40. The molecule has 7 nitrogen and oxygen atoms in total. The van der Waals surface area contributed by atoms with Gasteiger partial charge in [0.25, 0.3) is 5.91 Å². The highest BCUT2D eigenvalue weighted by Crippen LogP contribution is 2.22. The average molecular weight is 349 g/mol. The number of rotatable bonds is 4. The zero-order valence-corrected chi connectivity index (χ0v) is 13.6. The molecule has 0 aromatic carbocycles. The third-order valence-electron chi connectivity index (χ3n) is 3.95. The first-order valence-corrected chi connectivity index (χ1v) is 7.98. The molecule has 1 aliphatic rings. The van der Waals surface area contributed by atoms with E-state index in [4.69, 9.17) is 21.8 Å². The summed E-state index contributed by atoms with van der Waals surface area (Å²) in [5, 5.41) is 2.84. The molecule has 2 aromatic heterocycles. The molecule has 2 aromatic rings. The first-order valence-electron chi connectivity index (χ1n) is 7.60. The van der Waals surface area contributed by atoms with E-state index in [0.717, 1.165) is 25.2 Å². The van der Waals surface area contributed by atoms with Gasteiger partial charge < -0.3 is 20.4 Å². The van der Waals surface area contributed by atoms with Gasteiger partial charge in [-0.3, -0.25) is 9.59 Å². The lowest BCUT2D eigenvalue weighted by molar-refractivity contribution is -0.122. The summed E-state index contributed by atoms with van der Waals surface area (Å²) < 4.78 is 5.05. The van der Waals surface area contributed by atoms with Gasteiger partial charge in [0.05, 0.1) is 17.8 Å². The maximum absolute atomic E-state index is 12.0. The van der Waals surface area contributed by atoms with Crippen molar-refractivity contribution in [2.75, 3.05) is 23.3 Å². The van der Waals surface area contributed by atoms with Crippen LogP contribution in [0, 0.1) is 5.92 Å². The van der Waals surface area contributed by atoms with E-state index in [-0.39, 0.29) is 22.8 Å². The third-order valence-corrected chi connectivity index (χ3v) is 4.15. The quantitative estimate of drug-likeness (QED) is 0.882. The Balaban J connectivity index is 1.65. The number of nitrogens with one attached hydrogen (secondary N) is 1. The molecule has 1 saturated heterocycles. The van der Waals surface area contributed by atoms with E-state index in [9.17, 15) is 9.59 Å². The Bertz CT molecular complexity index is 744. The normalized spacial score (nSPS) is 17.5. The lowest BCUT2D eigenvalue weighted by Crippen LogP contribution is -2.41. The lowest BCUT2D eigenvalue weighted by atomic mass is 9.97. The zero-order valence-electron chi connectivity index (χ0n) is 12.9. The fourth-order valence-electron chi connectivity index (χ4n) is 2.69. The smallest absolute Gasteiger partial charge is 0.291 e. The number of piperidine rings is 1. The van der Waals surface area contributed by atoms with Crippen LogP contribution in [0.15, 0.2) is 34.9 Å². The number of carbonyl (C=O) groups is 2. The second-order valence-corrected chi connectivity index (χ2v) is 6.02. The molecule has 0 spiro atoms. The molecule has 1 fully saturated rings. The molecule has 0 bridgehead atoms. The Morgan fingerprint density at radius 1 is 1.33 bits per heavy atom. The standard InChI is InChI=1S/C16H17ClN4O3/c17-13-5-4-12(24-13)16(23)20-11-3-6-14(19-8-11)21-7-1-2-10(9-21)15(18)22/h3-6,8,10H,1-2,7,9H2,(H2,18,22)(H,20,23)/t10-/m1/s1. The minimum atomic E-state index is -0.400. The summed E-state index contributed by atoms with van der Waals surface area (Å²) in [5.41, 5.74) is 5.93. The molecule has 3 N–H and O–H groups in total. The van der Waals surface area contributed by atoms with Crippen molar-refractivity contribution < 1.29 is 14.0 Å². The van der Waals surface area contributed by atoms with Gasteiger partial charge in [0, 0.05) is 13.1 Å². The average Bonchev–Trinajstić information content (AvgIpc) is 3.02. The number of halogens is 1. The number of hydrogen-bond donors (Lipinski definition) is 2. The first-order chi connectivity index (χ1) is 11.5. The summed E-state index contributed by atoms with van der Waals surface area (Å²) in [5.74, 6) is 0.0527. The van der Waals surface area contributed by atoms with Crippen LogP contribution in [0.1, 0.15) is 23.4 Å². The Morgan fingerprint density at radius 2 is 2.17 bits per heavy atom. The minimum absolute atomic E-state index is 0.129. The molecule has 0 radical (unpaired) electrons. The second-order valence-electron chi connectivity index (χ2n) is 5.65. The molecule has 1 aliphatic heterocycles. The predicted molar refractivity (Wildman–Crippen MR) is 90.0 cm³/mol. The lowest BCUT2D eigenvalue weighted by Gasteiger charge is -2.32. The molecule has 126 valence electrons. The molecule has 0 saturated carbocycles. The largest absolute Gasteiger partial charge is 0.440 e. The number of nitrogens with two attached hydrogens (primary N) is 1. The number of hydrogen-bond acceptors (Lipinski definition) is 5. The highest BCUT2D eigenvalue weighted by molar-refractivity contribution is 6.29. The summed E-state index contributed by atoms with van der Waals surface area (Å²) in [6, 6.07) is 6.55. The van der Waals surface area contributed by atoms with Gasteiger partial charge in [-0.1, -0.05) is 0 Å². The van der Waals surface area contributed by atoms with Gasteiger partial charge in [0.2, 0.25) is 5.91 Å². The molecule has 1 atom stereocenters. The van der Waals surface area contributed by atoms with Crippen LogP contribution in [0.25, 0.3) is 0 Å². The number of anilines is 2. The van der Waals surface area contributed by atoms with E-state index in [2.05, 4.69) is 10.3 Å². The Hall–Kier alpha value is -2.54. The zero-order chi connectivity index (χ0) is 17.1. The van der Waals surface area contributed by atoms with Crippen molar-refractivity contribution in [1.29, 1.82) is 0 Å². The van der Waals surface area contributed by atoms with Crippen LogP contribution in [0.5, 0.6) is 0 Å². The fourth-order valence-corrected chi connectivity index (χ4v) is 2.84. The molecule has 0 unspecified atom stereocenters. The molecule has 24 heavy (non-hydrogen) atoms. The van der Waals surface area contributed by atoms with Crippen LogP contribution < -0.4 is 16.0 Å². The van der Waals surface area contributed by atoms with Crippen LogP contribution in [0.4, 0.5) is 11.5 Å². The van der Waals surface area contributed by atoms with Crippen LogP contribution >= 0.6 is 11.6 Å². The fraction of sp³-hybridized carbons (Fsp3) is 0.312. The van der Waals surface area contributed by atoms with E-state index >= 15 is 0 Å². The van der Waals surface area contributed by atoms with E-state index in [1.807, 2.05) is 4.90 Å². The summed E-state index contributed by atoms with van der Waals surface area (Å²) in [6.07, 6.45) is 3.27. The maximum atomic E-state index is 12.0. The van der Waals surface area contributed by atoms with Crippen molar-refractivity contribution in [2.45, 2.75) is 12.8 Å². The Morgan fingerprint density at radius 3 is 2.79 bits per heavy atom. The number of amides is 2. The molecule has 3 rings (SSSR count). The number of furan rings is 1.